The van der Waals surface area contributed by atoms with E-state index in [0.29, 0.717) is 25.5 Å². The highest BCUT2D eigenvalue weighted by molar-refractivity contribution is 7.22. The van der Waals surface area contributed by atoms with Gasteiger partial charge in [-0.15, -0.1) is 11.3 Å². The van der Waals surface area contributed by atoms with Gasteiger partial charge >= 0.3 is 5.69 Å². The van der Waals surface area contributed by atoms with Gasteiger partial charge in [0.1, 0.15) is 10.5 Å². The highest BCUT2D eigenvalue weighted by Gasteiger charge is 2.21. The number of aryl methyl sites for hydroxylation is 1. The van der Waals surface area contributed by atoms with Crippen LogP contribution < -0.4 is 11.2 Å². The van der Waals surface area contributed by atoms with E-state index in [1.807, 2.05) is 18.2 Å². The summed E-state index contributed by atoms with van der Waals surface area (Å²) in [5.74, 6) is -0.567. The van der Waals surface area contributed by atoms with Crippen molar-refractivity contribution in [2.75, 3.05) is 0 Å². The molecule has 162 valence electrons. The molecule has 0 saturated heterocycles. The topological polar surface area (TPSA) is 80.7 Å². The average molecular weight is 477 g/mol. The second kappa shape index (κ2) is 8.28. The van der Waals surface area contributed by atoms with Gasteiger partial charge in [0.15, 0.2) is 0 Å². The van der Waals surface area contributed by atoms with Crippen molar-refractivity contribution in [3.05, 3.63) is 92.6 Å². The molecule has 0 atom stereocenters. The first-order valence-corrected chi connectivity index (χ1v) is 11.1. The van der Waals surface area contributed by atoms with Crippen molar-refractivity contribution >= 4 is 43.9 Å². The molecule has 3 heterocycles. The first kappa shape index (κ1) is 21.1. The summed E-state index contributed by atoms with van der Waals surface area (Å²) < 4.78 is 17.4. The first-order valence-electron chi connectivity index (χ1n) is 9.95. The molecule has 6 nitrogen and oxygen atoms in total. The number of benzene rings is 2. The van der Waals surface area contributed by atoms with Crippen molar-refractivity contribution in [2.24, 2.45) is 0 Å². The molecular formula is C24H14ClFN4O2S. The number of hydrogen-bond donors (Lipinski definition) is 0. The van der Waals surface area contributed by atoms with Crippen LogP contribution in [0.25, 0.3) is 37.1 Å². The summed E-state index contributed by atoms with van der Waals surface area (Å²) in [6, 6.07) is 15.4. The summed E-state index contributed by atoms with van der Waals surface area (Å²) in [6.07, 6.45) is 2.84. The highest BCUT2D eigenvalue weighted by Crippen LogP contribution is 2.35. The van der Waals surface area contributed by atoms with Crippen molar-refractivity contribution in [1.29, 1.82) is 5.26 Å². The Balaban J connectivity index is 1.89. The van der Waals surface area contributed by atoms with Gasteiger partial charge in [-0.05, 0) is 18.2 Å². The molecule has 0 aliphatic rings. The van der Waals surface area contributed by atoms with Crippen LogP contribution in [0, 0.1) is 17.1 Å². The maximum atomic E-state index is 14.8. The average Bonchev–Trinajstić information content (AvgIpc) is 3.25. The number of pyridine rings is 1. The van der Waals surface area contributed by atoms with Crippen molar-refractivity contribution < 1.29 is 4.39 Å². The van der Waals surface area contributed by atoms with Gasteiger partial charge < -0.3 is 0 Å². The molecule has 5 aromatic rings. The van der Waals surface area contributed by atoms with E-state index >= 15 is 0 Å². The number of nitrogens with zero attached hydrogens (tertiary/aromatic N) is 4. The van der Waals surface area contributed by atoms with Crippen LogP contribution in [0.5, 0.6) is 0 Å². The predicted molar refractivity (Wildman–Crippen MR) is 128 cm³/mol. The molecular weight excluding hydrogens is 463 g/mol. The monoisotopic (exact) mass is 476 g/mol. The molecule has 0 radical (unpaired) electrons. The molecule has 0 saturated carbocycles. The van der Waals surface area contributed by atoms with E-state index in [-0.39, 0.29) is 24.0 Å². The quantitative estimate of drug-likeness (QED) is 0.360. The molecule has 3 aromatic heterocycles. The van der Waals surface area contributed by atoms with Gasteiger partial charge in [-0.1, -0.05) is 41.9 Å². The minimum atomic E-state index is -0.663. The smallest absolute Gasteiger partial charge is 0.291 e. The van der Waals surface area contributed by atoms with E-state index in [1.54, 1.807) is 24.3 Å². The molecule has 5 rings (SSSR count). The third kappa shape index (κ3) is 3.42. The van der Waals surface area contributed by atoms with Gasteiger partial charge in [0, 0.05) is 39.0 Å². The first-order chi connectivity index (χ1) is 16.0. The van der Waals surface area contributed by atoms with Crippen LogP contribution in [0.3, 0.4) is 0 Å². The molecule has 0 fully saturated rings. The molecule has 0 N–H and O–H groups in total. The largest absolute Gasteiger partial charge is 0.336 e. The Morgan fingerprint density at radius 1 is 1.12 bits per heavy atom. The molecule has 9 heteroatoms. The number of fused-ring (bicyclic) bond motifs is 2. The van der Waals surface area contributed by atoms with E-state index < -0.39 is 17.1 Å². The zero-order chi connectivity index (χ0) is 23.1. The molecule has 0 aliphatic heterocycles. The fourth-order valence-corrected chi connectivity index (χ4v) is 5.30. The van der Waals surface area contributed by atoms with Crippen LogP contribution in [0.4, 0.5) is 4.39 Å². The minimum absolute atomic E-state index is 0.0564. The molecule has 33 heavy (non-hydrogen) atoms. The lowest BCUT2D eigenvalue weighted by molar-refractivity contribution is 0.636. The number of halogens is 2. The summed E-state index contributed by atoms with van der Waals surface area (Å²) in [5.41, 5.74) is -0.0534. The van der Waals surface area contributed by atoms with Gasteiger partial charge in [-0.3, -0.25) is 14.3 Å². The molecule has 2 aromatic carbocycles. The third-order valence-corrected chi connectivity index (χ3v) is 6.84. The lowest BCUT2D eigenvalue weighted by Crippen LogP contribution is -2.38. The van der Waals surface area contributed by atoms with Gasteiger partial charge in [-0.2, -0.15) is 5.26 Å². The Morgan fingerprint density at radius 2 is 1.94 bits per heavy atom. The second-order valence-electron chi connectivity index (χ2n) is 7.28. The van der Waals surface area contributed by atoms with Crippen LogP contribution in [-0.4, -0.2) is 14.1 Å². The standard InChI is InChI=1S/C24H14ClFN4O2S/c25-16-7-2-1-6-15(16)20-11-18-22(33-20)23(31)30(24(32)29(18)10-4-9-27)19-13-28-12-14-5-3-8-17(26)21(14)19/h1-3,5-8,11-13H,4,10H2. The minimum Gasteiger partial charge on any atom is -0.291 e. The molecule has 0 amide bonds. The Kier molecular flexibility index (Phi) is 5.29. The van der Waals surface area contributed by atoms with Crippen LogP contribution in [0.2, 0.25) is 5.02 Å². The lowest BCUT2D eigenvalue weighted by Gasteiger charge is -2.13. The zero-order valence-corrected chi connectivity index (χ0v) is 18.5. The van der Waals surface area contributed by atoms with Crippen LogP contribution in [0.1, 0.15) is 6.42 Å². The number of nitriles is 1. The third-order valence-electron chi connectivity index (χ3n) is 5.36. The summed E-state index contributed by atoms with van der Waals surface area (Å²) in [6.45, 7) is 0.0749. The van der Waals surface area contributed by atoms with E-state index in [9.17, 15) is 14.0 Å². The predicted octanol–water partition coefficient (Wildman–Crippen LogP) is 5.14. The van der Waals surface area contributed by atoms with Crippen LogP contribution in [0.15, 0.2) is 70.5 Å². The summed E-state index contributed by atoms with van der Waals surface area (Å²) in [7, 11) is 0. The summed E-state index contributed by atoms with van der Waals surface area (Å²) in [5, 5.41) is 10.2. The number of aromatic nitrogens is 3. The molecule has 0 aliphatic carbocycles. The maximum Gasteiger partial charge on any atom is 0.336 e. The van der Waals surface area contributed by atoms with E-state index in [4.69, 9.17) is 16.9 Å². The SMILES string of the molecule is N#CCCn1c(=O)n(-c2cncc3cccc(F)c23)c(=O)c2sc(-c3ccccc3Cl)cc21. The normalized spacial score (nSPS) is 11.2. The van der Waals surface area contributed by atoms with E-state index in [2.05, 4.69) is 4.98 Å². The maximum absolute atomic E-state index is 14.8. The van der Waals surface area contributed by atoms with Crippen molar-refractivity contribution in [3.8, 4) is 22.2 Å². The van der Waals surface area contributed by atoms with E-state index in [1.165, 1.54) is 40.4 Å². The Labute approximate surface area is 195 Å². The Bertz CT molecular complexity index is 1710. The van der Waals surface area contributed by atoms with Crippen LogP contribution >= 0.6 is 22.9 Å². The molecule has 0 spiro atoms. The van der Waals surface area contributed by atoms with Gasteiger partial charge in [-0.25, -0.2) is 13.8 Å². The lowest BCUT2D eigenvalue weighted by atomic mass is 10.1. The van der Waals surface area contributed by atoms with Crippen molar-refractivity contribution in [2.45, 2.75) is 13.0 Å². The van der Waals surface area contributed by atoms with Crippen molar-refractivity contribution in [1.82, 2.24) is 14.1 Å². The number of thiophene rings is 1. The fourth-order valence-electron chi connectivity index (χ4n) is 3.87. The van der Waals surface area contributed by atoms with Gasteiger partial charge in [0.05, 0.1) is 29.9 Å². The Morgan fingerprint density at radius 3 is 2.73 bits per heavy atom. The van der Waals surface area contributed by atoms with Crippen molar-refractivity contribution in [3.63, 3.8) is 0 Å². The highest BCUT2D eigenvalue weighted by atomic mass is 35.5. The summed E-state index contributed by atoms with van der Waals surface area (Å²) >= 11 is 7.54. The second-order valence-corrected chi connectivity index (χ2v) is 8.74. The molecule has 0 unspecified atom stereocenters. The zero-order valence-electron chi connectivity index (χ0n) is 17.0. The molecule has 0 bridgehead atoms. The number of hydrogen-bond acceptors (Lipinski definition) is 5. The van der Waals surface area contributed by atoms with Crippen LogP contribution in [-0.2, 0) is 6.54 Å². The fraction of sp³-hybridized carbons (Fsp3) is 0.0833. The van der Waals surface area contributed by atoms with Gasteiger partial charge in [0.2, 0.25) is 0 Å². The summed E-state index contributed by atoms with van der Waals surface area (Å²) in [4.78, 5) is 31.9. The van der Waals surface area contributed by atoms with Gasteiger partial charge in [0.25, 0.3) is 5.56 Å². The van der Waals surface area contributed by atoms with E-state index in [0.717, 1.165) is 10.1 Å². The Hall–Kier alpha value is -3.80. The number of rotatable bonds is 4.